The van der Waals surface area contributed by atoms with Crippen molar-refractivity contribution in [1.29, 1.82) is 0 Å². The Morgan fingerprint density at radius 2 is 1.89 bits per heavy atom. The summed E-state index contributed by atoms with van der Waals surface area (Å²) in [5.41, 5.74) is 1.95. The molecule has 0 spiro atoms. The van der Waals surface area contributed by atoms with Crippen molar-refractivity contribution in [2.24, 2.45) is 5.92 Å². The number of aryl methyl sites for hydroxylation is 1. The molecular weight excluding hydrogens is 521 g/mol. The number of halogens is 2. The van der Waals surface area contributed by atoms with Gasteiger partial charge in [-0.2, -0.15) is 0 Å². The average Bonchev–Trinajstić information content (AvgIpc) is 3.23. The van der Waals surface area contributed by atoms with Gasteiger partial charge in [0.2, 0.25) is 5.91 Å². The number of carbonyl (C=O) groups is 2. The molecule has 1 atom stereocenters. The van der Waals surface area contributed by atoms with E-state index < -0.39 is 6.04 Å². The van der Waals surface area contributed by atoms with Crippen molar-refractivity contribution in [2.75, 3.05) is 18.2 Å². The first-order valence-corrected chi connectivity index (χ1v) is 13.1. The van der Waals surface area contributed by atoms with Crippen LogP contribution in [0.5, 0.6) is 5.75 Å². The molecule has 8 nitrogen and oxygen atoms in total. The van der Waals surface area contributed by atoms with Crippen molar-refractivity contribution in [2.45, 2.75) is 45.4 Å². The van der Waals surface area contributed by atoms with Crippen LogP contribution in [0.1, 0.15) is 48.6 Å². The molecule has 0 saturated carbocycles. The van der Waals surface area contributed by atoms with Crippen molar-refractivity contribution in [3.8, 4) is 5.75 Å². The van der Waals surface area contributed by atoms with E-state index in [1.165, 1.54) is 17.8 Å². The number of thioether (sulfide) groups is 1. The van der Waals surface area contributed by atoms with E-state index in [0.717, 1.165) is 5.56 Å². The summed E-state index contributed by atoms with van der Waals surface area (Å²) in [5.74, 6) is 0.825. The fourth-order valence-corrected chi connectivity index (χ4v) is 4.90. The van der Waals surface area contributed by atoms with Gasteiger partial charge in [0.25, 0.3) is 5.91 Å². The number of hydrogen-bond acceptors (Lipinski definition) is 6. The highest BCUT2D eigenvalue weighted by molar-refractivity contribution is 7.99. The van der Waals surface area contributed by atoms with Crippen LogP contribution in [0.3, 0.4) is 0 Å². The van der Waals surface area contributed by atoms with Crippen molar-refractivity contribution < 1.29 is 14.3 Å². The van der Waals surface area contributed by atoms with Crippen LogP contribution in [-0.4, -0.2) is 39.4 Å². The standard InChI is InChI=1S/C25H29Cl2N5O3S/c1-6-32-23(22(14(2)3)29-24(34)17-9-8-16(26)12-18(17)27)30-31-25(32)36-13-21(33)28-19-11-15(4)7-10-20(19)35-5/h7-12,14,22H,6,13H2,1-5H3,(H,28,33)(H,29,34)/t22-/m1/s1. The molecule has 2 aromatic carbocycles. The summed E-state index contributed by atoms with van der Waals surface area (Å²) in [7, 11) is 1.56. The van der Waals surface area contributed by atoms with Crippen LogP contribution in [0, 0.1) is 12.8 Å². The van der Waals surface area contributed by atoms with Gasteiger partial charge in [-0.3, -0.25) is 9.59 Å². The highest BCUT2D eigenvalue weighted by atomic mass is 35.5. The minimum absolute atomic E-state index is 0.0180. The molecule has 0 radical (unpaired) electrons. The fourth-order valence-electron chi connectivity index (χ4n) is 3.59. The molecule has 3 aromatic rings. The lowest BCUT2D eigenvalue weighted by molar-refractivity contribution is -0.113. The summed E-state index contributed by atoms with van der Waals surface area (Å²) < 4.78 is 7.23. The number of methoxy groups -OCH3 is 1. The van der Waals surface area contributed by atoms with Crippen molar-refractivity contribution in [3.05, 3.63) is 63.4 Å². The monoisotopic (exact) mass is 549 g/mol. The SMILES string of the molecule is CCn1c(SCC(=O)Nc2cc(C)ccc2OC)nnc1[C@H](NC(=O)c1ccc(Cl)cc1Cl)C(C)C. The van der Waals surface area contributed by atoms with Gasteiger partial charge >= 0.3 is 0 Å². The van der Waals surface area contributed by atoms with E-state index >= 15 is 0 Å². The minimum atomic E-state index is -0.420. The number of aromatic nitrogens is 3. The maximum absolute atomic E-state index is 13.0. The molecule has 0 saturated heterocycles. The second-order valence-electron chi connectivity index (χ2n) is 8.44. The largest absolute Gasteiger partial charge is 0.495 e. The van der Waals surface area contributed by atoms with E-state index in [0.29, 0.717) is 39.5 Å². The Morgan fingerprint density at radius 3 is 2.53 bits per heavy atom. The summed E-state index contributed by atoms with van der Waals surface area (Å²) in [5, 5.41) is 15.9. The van der Waals surface area contributed by atoms with Gasteiger partial charge in [0.15, 0.2) is 11.0 Å². The molecule has 11 heteroatoms. The van der Waals surface area contributed by atoms with Gasteiger partial charge < -0.3 is 19.9 Å². The van der Waals surface area contributed by atoms with Gasteiger partial charge in [0, 0.05) is 11.6 Å². The maximum Gasteiger partial charge on any atom is 0.253 e. The van der Waals surface area contributed by atoms with Gasteiger partial charge in [-0.25, -0.2) is 0 Å². The molecule has 0 unspecified atom stereocenters. The van der Waals surface area contributed by atoms with Crippen molar-refractivity contribution in [3.63, 3.8) is 0 Å². The van der Waals surface area contributed by atoms with Crippen LogP contribution in [0.15, 0.2) is 41.6 Å². The average molecular weight is 551 g/mol. The Hall–Kier alpha value is -2.75. The molecule has 2 N–H and O–H groups in total. The number of anilines is 1. The number of benzene rings is 2. The fraction of sp³-hybridized carbons (Fsp3) is 0.360. The van der Waals surface area contributed by atoms with Crippen LogP contribution in [0.25, 0.3) is 0 Å². The molecule has 192 valence electrons. The van der Waals surface area contributed by atoms with Crippen LogP contribution >= 0.6 is 35.0 Å². The molecule has 1 aromatic heterocycles. The topological polar surface area (TPSA) is 98.1 Å². The predicted molar refractivity (Wildman–Crippen MR) is 144 cm³/mol. The first-order chi connectivity index (χ1) is 17.1. The molecule has 0 aliphatic rings. The van der Waals surface area contributed by atoms with Crippen LogP contribution < -0.4 is 15.4 Å². The smallest absolute Gasteiger partial charge is 0.253 e. The molecule has 0 fully saturated rings. The van der Waals surface area contributed by atoms with Gasteiger partial charge in [-0.15, -0.1) is 10.2 Å². The highest BCUT2D eigenvalue weighted by Crippen LogP contribution is 2.28. The van der Waals surface area contributed by atoms with Crippen molar-refractivity contribution in [1.82, 2.24) is 20.1 Å². The Bertz CT molecular complexity index is 1250. The zero-order valence-electron chi connectivity index (χ0n) is 20.8. The quantitative estimate of drug-likeness (QED) is 0.311. The lowest BCUT2D eigenvalue weighted by Gasteiger charge is -2.22. The first-order valence-electron chi connectivity index (χ1n) is 11.4. The maximum atomic E-state index is 13.0. The second-order valence-corrected chi connectivity index (χ2v) is 10.2. The number of nitrogens with zero attached hydrogens (tertiary/aromatic N) is 3. The van der Waals surface area contributed by atoms with Gasteiger partial charge in [-0.05, 0) is 55.7 Å². The molecule has 1 heterocycles. The Labute approximate surface area is 225 Å². The predicted octanol–water partition coefficient (Wildman–Crippen LogP) is 5.78. The Kier molecular flexibility index (Phi) is 9.64. The Balaban J connectivity index is 1.74. The Morgan fingerprint density at radius 1 is 1.14 bits per heavy atom. The van der Waals surface area contributed by atoms with Gasteiger partial charge in [0.1, 0.15) is 5.75 Å². The number of nitrogens with one attached hydrogen (secondary N) is 2. The highest BCUT2D eigenvalue weighted by Gasteiger charge is 2.27. The summed E-state index contributed by atoms with van der Waals surface area (Å²) >= 11 is 13.5. The number of rotatable bonds is 10. The number of hydrogen-bond donors (Lipinski definition) is 2. The number of ether oxygens (including phenoxy) is 1. The van der Waals surface area contributed by atoms with E-state index in [1.54, 1.807) is 19.2 Å². The summed E-state index contributed by atoms with van der Waals surface area (Å²) in [6.07, 6.45) is 0. The summed E-state index contributed by atoms with van der Waals surface area (Å²) in [6, 6.07) is 9.91. The van der Waals surface area contributed by atoms with E-state index in [9.17, 15) is 9.59 Å². The van der Waals surface area contributed by atoms with Gasteiger partial charge in [-0.1, -0.05) is 54.9 Å². The van der Waals surface area contributed by atoms with E-state index in [2.05, 4.69) is 20.8 Å². The molecule has 3 rings (SSSR count). The third-order valence-electron chi connectivity index (χ3n) is 5.43. The molecule has 2 amide bonds. The molecule has 0 bridgehead atoms. The van der Waals surface area contributed by atoms with Crippen LogP contribution in [0.2, 0.25) is 10.0 Å². The molecule has 0 aliphatic heterocycles. The van der Waals surface area contributed by atoms with E-state index in [1.807, 2.05) is 50.5 Å². The number of amides is 2. The lowest BCUT2D eigenvalue weighted by atomic mass is 10.0. The second kappa shape index (κ2) is 12.5. The van der Waals surface area contributed by atoms with Crippen LogP contribution in [-0.2, 0) is 11.3 Å². The van der Waals surface area contributed by atoms with E-state index in [4.69, 9.17) is 27.9 Å². The third kappa shape index (κ3) is 6.72. The zero-order chi connectivity index (χ0) is 26.4. The normalized spacial score (nSPS) is 11.9. The summed E-state index contributed by atoms with van der Waals surface area (Å²) in [4.78, 5) is 25.6. The lowest BCUT2D eigenvalue weighted by Crippen LogP contribution is -2.34. The summed E-state index contributed by atoms with van der Waals surface area (Å²) in [6.45, 7) is 8.44. The van der Waals surface area contributed by atoms with Crippen molar-refractivity contribution >= 4 is 52.5 Å². The molecule has 0 aliphatic carbocycles. The molecule has 36 heavy (non-hydrogen) atoms. The number of carbonyl (C=O) groups excluding carboxylic acids is 2. The third-order valence-corrected chi connectivity index (χ3v) is 6.94. The van der Waals surface area contributed by atoms with Gasteiger partial charge in [0.05, 0.1) is 35.2 Å². The van der Waals surface area contributed by atoms with E-state index in [-0.39, 0.29) is 28.5 Å². The molecular formula is C25H29Cl2N5O3S. The van der Waals surface area contributed by atoms with Crippen LogP contribution in [0.4, 0.5) is 5.69 Å². The zero-order valence-corrected chi connectivity index (χ0v) is 23.1. The minimum Gasteiger partial charge on any atom is -0.495 e. The first kappa shape index (κ1) is 27.8.